The number of aromatic carboxylic acids is 1. The van der Waals surface area contributed by atoms with Gasteiger partial charge in [0.15, 0.2) is 0 Å². The first kappa shape index (κ1) is 21.5. The molecule has 1 amide bonds. The van der Waals surface area contributed by atoms with Crippen LogP contribution in [0, 0.1) is 0 Å². The van der Waals surface area contributed by atoms with Crippen molar-refractivity contribution in [2.24, 2.45) is 7.05 Å². The second kappa shape index (κ2) is 7.48. The number of nitrogens with one attached hydrogen (secondary N) is 1. The van der Waals surface area contributed by atoms with Gasteiger partial charge in [-0.1, -0.05) is 54.1 Å². The Labute approximate surface area is 206 Å². The third kappa shape index (κ3) is 3.10. The van der Waals surface area contributed by atoms with Crippen molar-refractivity contribution in [2.75, 3.05) is 5.32 Å². The molecule has 1 aliphatic carbocycles. The van der Waals surface area contributed by atoms with E-state index in [0.29, 0.717) is 17.1 Å². The molecule has 7 heteroatoms. The van der Waals surface area contributed by atoms with Crippen LogP contribution in [0.3, 0.4) is 0 Å². The highest BCUT2D eigenvalue weighted by atomic mass is 35.5. The molecule has 35 heavy (non-hydrogen) atoms. The standard InChI is InChI=1S/C28H21ClN2O4/c1-31-23(10-11-24(31)26(33)34)20-14-28(20)19-12-18(21(29)13-22(19)30-27(28)35)16-8-6-15(7-9-16)17-4-2-3-5-25(17)32/h2-13,20,32H,14H2,1H3,(H,30,35)(H,33,34). The predicted octanol–water partition coefficient (Wildman–Crippen LogP) is 5.79. The summed E-state index contributed by atoms with van der Waals surface area (Å²) in [6, 6.07) is 22.1. The van der Waals surface area contributed by atoms with Crippen LogP contribution in [-0.4, -0.2) is 26.7 Å². The van der Waals surface area contributed by atoms with E-state index in [2.05, 4.69) is 5.32 Å². The van der Waals surface area contributed by atoms with Crippen molar-refractivity contribution in [3.05, 3.63) is 94.8 Å². The number of halogens is 1. The highest BCUT2D eigenvalue weighted by Crippen LogP contribution is 2.65. The number of aromatic hydroxyl groups is 1. The summed E-state index contributed by atoms with van der Waals surface area (Å²) in [7, 11) is 1.72. The molecule has 2 unspecified atom stereocenters. The topological polar surface area (TPSA) is 91.6 Å². The van der Waals surface area contributed by atoms with E-state index in [1.54, 1.807) is 41.9 Å². The zero-order chi connectivity index (χ0) is 24.5. The number of amides is 1. The monoisotopic (exact) mass is 484 g/mol. The Morgan fingerprint density at radius 1 is 1.03 bits per heavy atom. The van der Waals surface area contributed by atoms with E-state index in [-0.39, 0.29) is 23.3 Å². The van der Waals surface area contributed by atoms with Gasteiger partial charge in [-0.15, -0.1) is 0 Å². The molecule has 3 N–H and O–H groups in total. The highest BCUT2D eigenvalue weighted by molar-refractivity contribution is 6.34. The fraction of sp³-hybridized carbons (Fsp3) is 0.143. The van der Waals surface area contributed by atoms with Gasteiger partial charge in [0.25, 0.3) is 0 Å². The van der Waals surface area contributed by atoms with Gasteiger partial charge in [-0.2, -0.15) is 0 Å². The minimum Gasteiger partial charge on any atom is -0.507 e. The third-order valence-electron chi connectivity index (χ3n) is 7.35. The van der Waals surface area contributed by atoms with E-state index >= 15 is 0 Å². The number of para-hydroxylation sites is 1. The van der Waals surface area contributed by atoms with Crippen molar-refractivity contribution >= 4 is 29.2 Å². The van der Waals surface area contributed by atoms with Crippen LogP contribution < -0.4 is 5.32 Å². The Balaban J connectivity index is 1.39. The normalized spacial score (nSPS) is 20.1. The maximum atomic E-state index is 13.1. The van der Waals surface area contributed by atoms with Gasteiger partial charge >= 0.3 is 5.97 Å². The lowest BCUT2D eigenvalue weighted by Crippen LogP contribution is -2.21. The number of hydrogen-bond acceptors (Lipinski definition) is 3. The van der Waals surface area contributed by atoms with Crippen LogP contribution in [0.4, 0.5) is 5.69 Å². The summed E-state index contributed by atoms with van der Waals surface area (Å²) in [4.78, 5) is 24.6. The first-order chi connectivity index (χ1) is 16.8. The molecule has 1 spiro atoms. The molecule has 4 aromatic rings. The van der Waals surface area contributed by atoms with Gasteiger partial charge in [-0.05, 0) is 53.4 Å². The third-order valence-corrected chi connectivity index (χ3v) is 7.66. The summed E-state index contributed by atoms with van der Waals surface area (Å²) in [5, 5.41) is 23.1. The number of benzene rings is 3. The molecule has 1 fully saturated rings. The minimum absolute atomic E-state index is 0.0845. The van der Waals surface area contributed by atoms with Crippen LogP contribution in [0.2, 0.25) is 5.02 Å². The number of carboxylic acids is 1. The number of fused-ring (bicyclic) bond motifs is 2. The molecule has 0 saturated heterocycles. The maximum absolute atomic E-state index is 13.1. The molecule has 6 rings (SSSR count). The number of rotatable bonds is 4. The predicted molar refractivity (Wildman–Crippen MR) is 134 cm³/mol. The molecule has 174 valence electrons. The van der Waals surface area contributed by atoms with Crippen LogP contribution in [-0.2, 0) is 17.3 Å². The van der Waals surface area contributed by atoms with E-state index in [1.165, 1.54) is 0 Å². The Bertz CT molecular complexity index is 1540. The van der Waals surface area contributed by atoms with Crippen molar-refractivity contribution in [3.8, 4) is 28.0 Å². The molecule has 1 aromatic heterocycles. The van der Waals surface area contributed by atoms with Gasteiger partial charge in [-0.3, -0.25) is 4.79 Å². The van der Waals surface area contributed by atoms with Gasteiger partial charge in [0.05, 0.1) is 10.4 Å². The van der Waals surface area contributed by atoms with Crippen LogP contribution in [0.25, 0.3) is 22.3 Å². The summed E-state index contributed by atoms with van der Waals surface area (Å²) in [5.41, 5.74) is 5.22. The highest BCUT2D eigenvalue weighted by Gasteiger charge is 2.66. The Kier molecular flexibility index (Phi) is 4.60. The van der Waals surface area contributed by atoms with E-state index in [4.69, 9.17) is 11.6 Å². The number of nitrogens with zero attached hydrogens (tertiary/aromatic N) is 1. The fourth-order valence-electron chi connectivity index (χ4n) is 5.43. The first-order valence-corrected chi connectivity index (χ1v) is 11.6. The number of carbonyl (C=O) groups is 2. The fourth-order valence-corrected chi connectivity index (χ4v) is 5.70. The number of phenols is 1. The number of anilines is 1. The van der Waals surface area contributed by atoms with Crippen LogP contribution >= 0.6 is 11.6 Å². The van der Waals surface area contributed by atoms with E-state index in [9.17, 15) is 19.8 Å². The largest absolute Gasteiger partial charge is 0.507 e. The summed E-state index contributed by atoms with van der Waals surface area (Å²) >= 11 is 6.64. The zero-order valence-corrected chi connectivity index (χ0v) is 19.5. The van der Waals surface area contributed by atoms with Gasteiger partial charge < -0.3 is 20.1 Å². The Morgan fingerprint density at radius 2 is 1.71 bits per heavy atom. The number of carboxylic acid groups (broad SMARTS) is 1. The lowest BCUT2D eigenvalue weighted by molar-refractivity contribution is -0.118. The average molecular weight is 485 g/mol. The average Bonchev–Trinajstić information content (AvgIpc) is 3.37. The second-order valence-corrected chi connectivity index (χ2v) is 9.57. The van der Waals surface area contributed by atoms with Crippen molar-refractivity contribution in [1.29, 1.82) is 0 Å². The van der Waals surface area contributed by atoms with Crippen molar-refractivity contribution < 1.29 is 19.8 Å². The molecular formula is C28H21ClN2O4. The van der Waals surface area contributed by atoms with E-state index < -0.39 is 11.4 Å². The second-order valence-electron chi connectivity index (χ2n) is 9.16. The van der Waals surface area contributed by atoms with E-state index in [1.807, 2.05) is 42.5 Å². The molecule has 1 aliphatic heterocycles. The molecule has 0 bridgehead atoms. The molecule has 6 nitrogen and oxygen atoms in total. The van der Waals surface area contributed by atoms with Crippen molar-refractivity contribution in [1.82, 2.24) is 4.57 Å². The zero-order valence-electron chi connectivity index (χ0n) is 18.7. The quantitative estimate of drug-likeness (QED) is 0.341. The maximum Gasteiger partial charge on any atom is 0.352 e. The van der Waals surface area contributed by atoms with Gasteiger partial charge in [0, 0.05) is 35.5 Å². The van der Waals surface area contributed by atoms with Crippen molar-refractivity contribution in [3.63, 3.8) is 0 Å². The lowest BCUT2D eigenvalue weighted by Gasteiger charge is -2.13. The summed E-state index contributed by atoms with van der Waals surface area (Å²) in [5.74, 6) is -0.974. The molecular weight excluding hydrogens is 464 g/mol. The van der Waals surface area contributed by atoms with Crippen LogP contribution in [0.15, 0.2) is 72.8 Å². The number of carbonyl (C=O) groups excluding carboxylic acids is 1. The summed E-state index contributed by atoms with van der Waals surface area (Å²) in [6.07, 6.45) is 0.607. The SMILES string of the molecule is Cn1c(C(=O)O)ccc1C1CC12C(=O)Nc1cc(Cl)c(-c3ccc(-c4ccccc4O)cc3)cc12. The van der Waals surface area contributed by atoms with Gasteiger partial charge in [0.1, 0.15) is 11.4 Å². The molecule has 2 atom stereocenters. The number of phenolic OH excluding ortho intramolecular Hbond substituents is 1. The number of aromatic nitrogens is 1. The lowest BCUT2D eigenvalue weighted by atomic mass is 9.90. The molecule has 2 heterocycles. The molecule has 2 aliphatic rings. The Hall–Kier alpha value is -4.03. The van der Waals surface area contributed by atoms with Gasteiger partial charge in [-0.25, -0.2) is 4.79 Å². The molecule has 1 saturated carbocycles. The van der Waals surface area contributed by atoms with Crippen LogP contribution in [0.1, 0.15) is 34.1 Å². The molecule has 0 radical (unpaired) electrons. The first-order valence-electron chi connectivity index (χ1n) is 11.2. The van der Waals surface area contributed by atoms with E-state index in [0.717, 1.165) is 33.5 Å². The Morgan fingerprint density at radius 3 is 2.37 bits per heavy atom. The smallest absolute Gasteiger partial charge is 0.352 e. The number of hydrogen-bond donors (Lipinski definition) is 3. The van der Waals surface area contributed by atoms with Crippen molar-refractivity contribution in [2.45, 2.75) is 17.8 Å². The van der Waals surface area contributed by atoms with Crippen LogP contribution in [0.5, 0.6) is 5.75 Å². The summed E-state index contributed by atoms with van der Waals surface area (Å²) in [6.45, 7) is 0. The minimum atomic E-state index is -0.994. The molecule has 3 aromatic carbocycles. The van der Waals surface area contributed by atoms with Gasteiger partial charge in [0.2, 0.25) is 5.91 Å². The summed E-state index contributed by atoms with van der Waals surface area (Å²) < 4.78 is 1.65.